The highest BCUT2D eigenvalue weighted by atomic mass is 16.5. The lowest BCUT2D eigenvalue weighted by molar-refractivity contribution is -0.122. The number of carbonyl (C=O) groups excluding carboxylic acids is 1. The van der Waals surface area contributed by atoms with Crippen LogP contribution in [0.1, 0.15) is 32.3 Å². The number of carbonyl (C=O) groups is 1. The summed E-state index contributed by atoms with van der Waals surface area (Å²) in [4.78, 5) is 12.4. The second-order valence-corrected chi connectivity index (χ2v) is 6.53. The molecule has 0 saturated carbocycles. The number of benzene rings is 3. The predicted molar refractivity (Wildman–Crippen MR) is 103 cm³/mol. The van der Waals surface area contributed by atoms with Gasteiger partial charge in [-0.1, -0.05) is 56.3 Å². The molecule has 0 aliphatic carbocycles. The number of fused-ring (bicyclic) bond motifs is 1. The number of hydrogen-bond donors (Lipinski definition) is 1. The van der Waals surface area contributed by atoms with Crippen molar-refractivity contribution < 1.29 is 9.53 Å². The van der Waals surface area contributed by atoms with Gasteiger partial charge < -0.3 is 10.1 Å². The maximum Gasteiger partial charge on any atom is 0.265 e. The van der Waals surface area contributed by atoms with Gasteiger partial charge in [-0.05, 0) is 53.4 Å². The average molecular weight is 333 g/mol. The molecule has 3 aromatic rings. The summed E-state index contributed by atoms with van der Waals surface area (Å²) in [6.45, 7) is 6.05. The molecule has 0 radical (unpaired) electrons. The number of anilines is 1. The Bertz CT molecular complexity index is 869. The fourth-order valence-corrected chi connectivity index (χ4v) is 2.69. The summed E-state index contributed by atoms with van der Waals surface area (Å²) in [6, 6.07) is 21.8. The zero-order chi connectivity index (χ0) is 17.8. The Morgan fingerprint density at radius 2 is 1.56 bits per heavy atom. The van der Waals surface area contributed by atoms with Crippen LogP contribution in [0.5, 0.6) is 5.75 Å². The van der Waals surface area contributed by atoms with Crippen molar-refractivity contribution in [1.82, 2.24) is 0 Å². The van der Waals surface area contributed by atoms with E-state index in [1.54, 1.807) is 6.92 Å². The van der Waals surface area contributed by atoms with Gasteiger partial charge in [-0.2, -0.15) is 0 Å². The third-order valence-corrected chi connectivity index (χ3v) is 4.25. The van der Waals surface area contributed by atoms with Gasteiger partial charge in [-0.3, -0.25) is 4.79 Å². The fourth-order valence-electron chi connectivity index (χ4n) is 2.69. The van der Waals surface area contributed by atoms with Gasteiger partial charge in [0.1, 0.15) is 5.75 Å². The van der Waals surface area contributed by atoms with Crippen LogP contribution in [0.4, 0.5) is 5.69 Å². The Kier molecular flexibility index (Phi) is 5.03. The molecule has 3 nitrogen and oxygen atoms in total. The molecule has 0 bridgehead atoms. The minimum absolute atomic E-state index is 0.162. The van der Waals surface area contributed by atoms with Crippen molar-refractivity contribution in [3.8, 4) is 5.75 Å². The minimum atomic E-state index is -0.578. The molecule has 1 N–H and O–H groups in total. The van der Waals surface area contributed by atoms with Gasteiger partial charge in [0, 0.05) is 5.69 Å². The first-order chi connectivity index (χ1) is 12.0. The van der Waals surface area contributed by atoms with E-state index in [-0.39, 0.29) is 5.91 Å². The summed E-state index contributed by atoms with van der Waals surface area (Å²) in [7, 11) is 0. The van der Waals surface area contributed by atoms with Gasteiger partial charge in [0.25, 0.3) is 5.91 Å². The summed E-state index contributed by atoms with van der Waals surface area (Å²) in [5, 5.41) is 5.15. The molecule has 0 aliphatic rings. The summed E-state index contributed by atoms with van der Waals surface area (Å²) >= 11 is 0. The Morgan fingerprint density at radius 1 is 0.880 bits per heavy atom. The molecule has 3 rings (SSSR count). The first kappa shape index (κ1) is 17.0. The van der Waals surface area contributed by atoms with Crippen molar-refractivity contribution in [3.63, 3.8) is 0 Å². The van der Waals surface area contributed by atoms with E-state index in [1.165, 1.54) is 5.56 Å². The van der Waals surface area contributed by atoms with Crippen molar-refractivity contribution in [2.45, 2.75) is 32.8 Å². The molecule has 1 amide bonds. The Hall–Kier alpha value is -2.81. The Morgan fingerprint density at radius 3 is 2.24 bits per heavy atom. The highest BCUT2D eigenvalue weighted by molar-refractivity contribution is 5.94. The predicted octanol–water partition coefficient (Wildman–Crippen LogP) is 5.37. The first-order valence-electron chi connectivity index (χ1n) is 8.59. The van der Waals surface area contributed by atoms with Gasteiger partial charge in [-0.15, -0.1) is 0 Å². The Balaban J connectivity index is 1.65. The number of ether oxygens (including phenoxy) is 1. The van der Waals surface area contributed by atoms with Crippen LogP contribution in [0.25, 0.3) is 10.8 Å². The summed E-state index contributed by atoms with van der Waals surface area (Å²) < 4.78 is 5.81. The zero-order valence-electron chi connectivity index (χ0n) is 14.8. The Labute approximate surface area is 148 Å². The van der Waals surface area contributed by atoms with Crippen LogP contribution in [0.3, 0.4) is 0 Å². The molecule has 1 atom stereocenters. The number of nitrogens with one attached hydrogen (secondary N) is 1. The molecular weight excluding hydrogens is 310 g/mol. The van der Waals surface area contributed by atoms with Crippen LogP contribution in [-0.2, 0) is 4.79 Å². The molecular formula is C22H23NO2. The standard InChI is InChI=1S/C22H23NO2/c1-15(2)17-8-11-20(12-9-17)23-22(24)16(3)25-21-13-10-18-6-4-5-7-19(18)14-21/h4-16H,1-3H3,(H,23,24)/t16-/m1/s1. The van der Waals surface area contributed by atoms with E-state index < -0.39 is 6.10 Å². The lowest BCUT2D eigenvalue weighted by Gasteiger charge is -2.15. The summed E-state index contributed by atoms with van der Waals surface area (Å²) in [6.07, 6.45) is -0.578. The van der Waals surface area contributed by atoms with Crippen molar-refractivity contribution in [2.24, 2.45) is 0 Å². The maximum absolute atomic E-state index is 12.4. The average Bonchev–Trinajstić information content (AvgIpc) is 2.62. The molecule has 3 aromatic carbocycles. The van der Waals surface area contributed by atoms with E-state index in [0.29, 0.717) is 11.7 Å². The van der Waals surface area contributed by atoms with Crippen molar-refractivity contribution in [1.29, 1.82) is 0 Å². The van der Waals surface area contributed by atoms with Crippen LogP contribution in [0, 0.1) is 0 Å². The number of amides is 1. The van der Waals surface area contributed by atoms with E-state index in [4.69, 9.17) is 4.74 Å². The molecule has 0 unspecified atom stereocenters. The second kappa shape index (κ2) is 7.39. The SMILES string of the molecule is CC(C)c1ccc(NC(=O)[C@@H](C)Oc2ccc3ccccc3c2)cc1. The molecule has 128 valence electrons. The van der Waals surface area contributed by atoms with Crippen LogP contribution in [0.15, 0.2) is 66.7 Å². The summed E-state index contributed by atoms with van der Waals surface area (Å²) in [5.41, 5.74) is 2.03. The molecule has 0 spiro atoms. The third kappa shape index (κ3) is 4.18. The van der Waals surface area contributed by atoms with Crippen LogP contribution >= 0.6 is 0 Å². The van der Waals surface area contributed by atoms with Gasteiger partial charge in [0.2, 0.25) is 0 Å². The lowest BCUT2D eigenvalue weighted by Crippen LogP contribution is -2.30. The van der Waals surface area contributed by atoms with E-state index in [1.807, 2.05) is 60.7 Å². The maximum atomic E-state index is 12.4. The lowest BCUT2D eigenvalue weighted by atomic mass is 10.0. The number of hydrogen-bond acceptors (Lipinski definition) is 2. The van der Waals surface area contributed by atoms with E-state index in [0.717, 1.165) is 16.5 Å². The van der Waals surface area contributed by atoms with E-state index >= 15 is 0 Å². The van der Waals surface area contributed by atoms with E-state index in [2.05, 4.69) is 25.2 Å². The third-order valence-electron chi connectivity index (χ3n) is 4.25. The molecule has 3 heteroatoms. The van der Waals surface area contributed by atoms with E-state index in [9.17, 15) is 4.79 Å². The van der Waals surface area contributed by atoms with Crippen molar-refractivity contribution in [2.75, 3.05) is 5.32 Å². The quantitative estimate of drug-likeness (QED) is 0.682. The molecule has 25 heavy (non-hydrogen) atoms. The van der Waals surface area contributed by atoms with Crippen LogP contribution in [-0.4, -0.2) is 12.0 Å². The van der Waals surface area contributed by atoms with Crippen LogP contribution < -0.4 is 10.1 Å². The second-order valence-electron chi connectivity index (χ2n) is 6.53. The minimum Gasteiger partial charge on any atom is -0.481 e. The molecule has 0 heterocycles. The molecule has 0 aliphatic heterocycles. The van der Waals surface area contributed by atoms with Gasteiger partial charge in [0.05, 0.1) is 0 Å². The fraction of sp³-hybridized carbons (Fsp3) is 0.227. The molecule has 0 aromatic heterocycles. The van der Waals surface area contributed by atoms with Crippen molar-refractivity contribution >= 4 is 22.4 Å². The first-order valence-corrected chi connectivity index (χ1v) is 8.59. The van der Waals surface area contributed by atoms with Gasteiger partial charge in [-0.25, -0.2) is 0 Å². The van der Waals surface area contributed by atoms with Crippen molar-refractivity contribution in [3.05, 3.63) is 72.3 Å². The molecule has 0 fully saturated rings. The largest absolute Gasteiger partial charge is 0.481 e. The topological polar surface area (TPSA) is 38.3 Å². The van der Waals surface area contributed by atoms with Gasteiger partial charge >= 0.3 is 0 Å². The van der Waals surface area contributed by atoms with Gasteiger partial charge in [0.15, 0.2) is 6.10 Å². The highest BCUT2D eigenvalue weighted by Crippen LogP contribution is 2.22. The normalized spacial score (nSPS) is 12.2. The smallest absolute Gasteiger partial charge is 0.265 e. The highest BCUT2D eigenvalue weighted by Gasteiger charge is 2.15. The van der Waals surface area contributed by atoms with Crippen LogP contribution in [0.2, 0.25) is 0 Å². The summed E-state index contributed by atoms with van der Waals surface area (Å²) in [5.74, 6) is 1.00. The molecule has 0 saturated heterocycles. The number of rotatable bonds is 5. The zero-order valence-corrected chi connectivity index (χ0v) is 14.8. The monoisotopic (exact) mass is 333 g/mol.